The molecule has 1 N–H and O–H groups in total. The van der Waals surface area contributed by atoms with E-state index in [1.165, 1.54) is 6.07 Å². The molecular weight excluding hydrogens is 368 g/mol. The fraction of sp³-hybridized carbons (Fsp3) is 0.182. The van der Waals surface area contributed by atoms with Gasteiger partial charge in [-0.3, -0.25) is 18.9 Å². The number of nitro benzene ring substituents is 1. The van der Waals surface area contributed by atoms with E-state index in [1.807, 2.05) is 19.1 Å². The van der Waals surface area contributed by atoms with E-state index < -0.39 is 15.3 Å². The summed E-state index contributed by atoms with van der Waals surface area (Å²) in [6.07, 6.45) is 0. The predicted molar refractivity (Wildman–Crippen MR) is 79.4 cm³/mol. The Morgan fingerprint density at radius 1 is 1.33 bits per heavy atom. The summed E-state index contributed by atoms with van der Waals surface area (Å²) in [7, 11) is -3.29. The molecule has 0 amide bonds. The molecule has 0 aliphatic heterocycles. The van der Waals surface area contributed by atoms with Crippen molar-refractivity contribution in [3.8, 4) is 0 Å². The molecule has 0 aliphatic carbocycles. The highest BCUT2D eigenvalue weighted by atomic mass is 79.9. The minimum Gasteiger partial charge on any atom is -0.264 e. The highest BCUT2D eigenvalue weighted by Crippen LogP contribution is 2.29. The van der Waals surface area contributed by atoms with Crippen LogP contribution >= 0.6 is 15.9 Å². The Labute approximate surface area is 129 Å². The maximum Gasteiger partial charge on any atom is 0.397 e. The van der Waals surface area contributed by atoms with Crippen molar-refractivity contribution in [3.63, 3.8) is 0 Å². The van der Waals surface area contributed by atoms with Crippen LogP contribution in [0, 0.1) is 17.0 Å². The van der Waals surface area contributed by atoms with Gasteiger partial charge >= 0.3 is 10.4 Å². The van der Waals surface area contributed by atoms with Crippen molar-refractivity contribution < 1.29 is 22.1 Å². The Balaban J connectivity index is 0.000000315. The molecule has 1 heterocycles. The summed E-state index contributed by atoms with van der Waals surface area (Å²) in [5.74, 6) is 0. The van der Waals surface area contributed by atoms with Crippen molar-refractivity contribution in [1.29, 1.82) is 0 Å². The molecule has 0 spiro atoms. The van der Waals surface area contributed by atoms with E-state index in [9.17, 15) is 18.5 Å². The van der Waals surface area contributed by atoms with Gasteiger partial charge in [0.2, 0.25) is 0 Å². The smallest absolute Gasteiger partial charge is 0.264 e. The lowest BCUT2D eigenvalue weighted by atomic mass is 10.2. The van der Waals surface area contributed by atoms with Gasteiger partial charge in [0.1, 0.15) is 5.52 Å². The van der Waals surface area contributed by atoms with E-state index in [4.69, 9.17) is 4.55 Å². The van der Waals surface area contributed by atoms with E-state index in [-0.39, 0.29) is 5.69 Å². The second kappa shape index (κ2) is 6.89. The van der Waals surface area contributed by atoms with Gasteiger partial charge in [0.25, 0.3) is 5.69 Å². The molecule has 21 heavy (non-hydrogen) atoms. The van der Waals surface area contributed by atoms with E-state index in [0.717, 1.165) is 22.7 Å². The molecule has 8 nitrogen and oxygen atoms in total. The largest absolute Gasteiger partial charge is 0.397 e. The van der Waals surface area contributed by atoms with Crippen LogP contribution in [-0.4, -0.2) is 30.0 Å². The van der Waals surface area contributed by atoms with Gasteiger partial charge in [-0.15, -0.1) is 0 Å². The molecule has 2 rings (SSSR count). The first-order valence-electron chi connectivity index (χ1n) is 5.39. The zero-order valence-corrected chi connectivity index (χ0v) is 13.4. The number of halogens is 1. The topological polar surface area (TPSA) is 120 Å². The van der Waals surface area contributed by atoms with Gasteiger partial charge in [-0.05, 0) is 25.1 Å². The number of rotatable bonds is 2. The molecule has 1 aromatic heterocycles. The number of pyridine rings is 1. The quantitative estimate of drug-likeness (QED) is 0.484. The van der Waals surface area contributed by atoms with Crippen LogP contribution in [0.4, 0.5) is 5.69 Å². The lowest BCUT2D eigenvalue weighted by molar-refractivity contribution is -0.383. The van der Waals surface area contributed by atoms with Crippen LogP contribution in [0.25, 0.3) is 10.9 Å². The number of fused-ring (bicyclic) bond motifs is 1. The standard InChI is InChI=1S/C10H7BrN2O2.CH4O4S/c1-6-2-3-7-8(11)4-5-9(13(14)15)10(7)12-6;1-5-6(2,3)4/h2-5H,1H3;1H3,(H,2,3,4). The summed E-state index contributed by atoms with van der Waals surface area (Å²) < 4.78 is 30.5. The molecule has 1 aromatic carbocycles. The number of non-ortho nitro benzene ring substituents is 1. The molecule has 0 saturated heterocycles. The normalized spacial score (nSPS) is 10.9. The zero-order chi connectivity index (χ0) is 16.2. The van der Waals surface area contributed by atoms with E-state index in [1.54, 1.807) is 6.07 Å². The van der Waals surface area contributed by atoms with Crippen LogP contribution < -0.4 is 0 Å². The third-order valence-corrected chi connectivity index (χ3v) is 3.44. The molecule has 0 unspecified atom stereocenters. The molecular formula is C11H11BrN2O6S. The van der Waals surface area contributed by atoms with Crippen LogP contribution in [-0.2, 0) is 14.6 Å². The summed E-state index contributed by atoms with van der Waals surface area (Å²) in [5.41, 5.74) is 1.23. The third-order valence-electron chi connectivity index (χ3n) is 2.33. The molecule has 2 aromatic rings. The first kappa shape index (κ1) is 17.4. The van der Waals surface area contributed by atoms with Crippen molar-refractivity contribution in [3.05, 3.63) is 44.5 Å². The van der Waals surface area contributed by atoms with Crippen LogP contribution in [0.1, 0.15) is 5.69 Å². The summed E-state index contributed by atoms with van der Waals surface area (Å²) in [6, 6.07) is 6.78. The van der Waals surface area contributed by atoms with Crippen molar-refractivity contribution >= 4 is 42.9 Å². The molecule has 0 fully saturated rings. The molecule has 0 atom stereocenters. The second-order valence-electron chi connectivity index (χ2n) is 3.77. The van der Waals surface area contributed by atoms with E-state index in [0.29, 0.717) is 5.52 Å². The number of benzene rings is 1. The zero-order valence-electron chi connectivity index (χ0n) is 11.0. The number of hydrogen-bond acceptors (Lipinski definition) is 6. The van der Waals surface area contributed by atoms with Gasteiger partial charge in [0, 0.05) is 21.6 Å². The molecule has 0 bridgehead atoms. The molecule has 0 radical (unpaired) electrons. The Bertz CT molecular complexity index is 778. The van der Waals surface area contributed by atoms with Gasteiger partial charge < -0.3 is 0 Å². The SMILES string of the molecule is COS(=O)(=O)O.Cc1ccc2c(Br)ccc([N+](=O)[O-])c2n1. The Kier molecular flexibility index (Phi) is 5.72. The van der Waals surface area contributed by atoms with Crippen molar-refractivity contribution in [2.45, 2.75) is 6.92 Å². The molecule has 10 heteroatoms. The summed E-state index contributed by atoms with van der Waals surface area (Å²) in [5, 5.41) is 11.5. The minimum atomic E-state index is -4.16. The second-order valence-corrected chi connectivity index (χ2v) is 5.81. The van der Waals surface area contributed by atoms with Gasteiger partial charge in [-0.2, -0.15) is 8.42 Å². The number of nitro groups is 1. The average Bonchev–Trinajstić information content (AvgIpc) is 2.38. The Morgan fingerprint density at radius 3 is 2.38 bits per heavy atom. The van der Waals surface area contributed by atoms with E-state index in [2.05, 4.69) is 25.1 Å². The lowest BCUT2D eigenvalue weighted by Gasteiger charge is -2.01. The summed E-state index contributed by atoms with van der Waals surface area (Å²) in [4.78, 5) is 14.6. The maximum atomic E-state index is 10.8. The molecule has 114 valence electrons. The predicted octanol–water partition coefficient (Wildman–Crippen LogP) is 2.65. The number of hydrogen-bond donors (Lipinski definition) is 1. The van der Waals surface area contributed by atoms with Crippen molar-refractivity contribution in [1.82, 2.24) is 4.98 Å². The Hall–Kier alpha value is -1.62. The van der Waals surface area contributed by atoms with Crippen molar-refractivity contribution in [2.75, 3.05) is 7.11 Å². The molecule has 0 aliphatic rings. The fourth-order valence-corrected chi connectivity index (χ4v) is 1.86. The van der Waals surface area contributed by atoms with Gasteiger partial charge in [-0.25, -0.2) is 4.98 Å². The molecule has 0 saturated carbocycles. The van der Waals surface area contributed by atoms with Gasteiger partial charge in [0.15, 0.2) is 0 Å². The first-order chi connectivity index (χ1) is 9.65. The van der Waals surface area contributed by atoms with Crippen molar-refractivity contribution in [2.24, 2.45) is 0 Å². The van der Waals surface area contributed by atoms with Crippen LogP contribution in [0.2, 0.25) is 0 Å². The Morgan fingerprint density at radius 2 is 1.90 bits per heavy atom. The van der Waals surface area contributed by atoms with Gasteiger partial charge in [-0.1, -0.05) is 15.9 Å². The summed E-state index contributed by atoms with van der Waals surface area (Å²) >= 11 is 3.34. The number of nitrogens with zero attached hydrogens (tertiary/aromatic N) is 2. The number of aryl methyl sites for hydroxylation is 1. The highest BCUT2D eigenvalue weighted by molar-refractivity contribution is 9.10. The summed E-state index contributed by atoms with van der Waals surface area (Å²) in [6.45, 7) is 1.81. The van der Waals surface area contributed by atoms with Gasteiger partial charge in [0.05, 0.1) is 12.0 Å². The highest BCUT2D eigenvalue weighted by Gasteiger charge is 2.14. The van der Waals surface area contributed by atoms with Crippen LogP contribution in [0.3, 0.4) is 0 Å². The first-order valence-corrected chi connectivity index (χ1v) is 7.55. The number of aromatic nitrogens is 1. The lowest BCUT2D eigenvalue weighted by Crippen LogP contribution is -1.96. The van der Waals surface area contributed by atoms with Crippen LogP contribution in [0.15, 0.2) is 28.7 Å². The maximum absolute atomic E-state index is 10.8. The van der Waals surface area contributed by atoms with Crippen LogP contribution in [0.5, 0.6) is 0 Å². The average molecular weight is 379 g/mol. The van der Waals surface area contributed by atoms with E-state index >= 15 is 0 Å². The fourth-order valence-electron chi connectivity index (χ4n) is 1.41. The monoisotopic (exact) mass is 378 g/mol. The third kappa shape index (κ3) is 5.01. The minimum absolute atomic E-state index is 0.0388.